The topological polar surface area (TPSA) is 81.1 Å². The Labute approximate surface area is 161 Å². The van der Waals surface area contributed by atoms with Gasteiger partial charge in [0, 0.05) is 22.2 Å². The average molecular weight is 455 g/mol. The number of hydrogen-bond acceptors (Lipinski definition) is 6. The zero-order valence-corrected chi connectivity index (χ0v) is 17.0. The summed E-state index contributed by atoms with van der Waals surface area (Å²) in [5, 5.41) is 15.5. The highest BCUT2D eigenvalue weighted by molar-refractivity contribution is 14.1. The van der Waals surface area contributed by atoms with Crippen molar-refractivity contribution in [1.29, 1.82) is 0 Å². The van der Waals surface area contributed by atoms with Crippen LogP contribution >= 0.6 is 22.6 Å². The van der Waals surface area contributed by atoms with E-state index in [4.69, 9.17) is 4.74 Å². The number of nitrogens with zero attached hydrogens (tertiary/aromatic N) is 5. The molecule has 1 heterocycles. The fraction of sp³-hybridized carbons (Fsp3) is 0.471. The van der Waals surface area contributed by atoms with Crippen LogP contribution in [-0.4, -0.2) is 43.5 Å². The van der Waals surface area contributed by atoms with Crippen molar-refractivity contribution in [2.45, 2.75) is 46.3 Å². The van der Waals surface area contributed by atoms with Crippen molar-refractivity contribution in [3.63, 3.8) is 0 Å². The average Bonchev–Trinajstić information content (AvgIpc) is 2.53. The van der Waals surface area contributed by atoms with Gasteiger partial charge in [-0.25, -0.2) is 4.79 Å². The van der Waals surface area contributed by atoms with Gasteiger partial charge >= 0.3 is 6.09 Å². The number of amides is 1. The summed E-state index contributed by atoms with van der Waals surface area (Å²) >= 11 is 2.23. The second-order valence-corrected chi connectivity index (χ2v) is 7.87. The monoisotopic (exact) mass is 455 g/mol. The summed E-state index contributed by atoms with van der Waals surface area (Å²) in [5.74, 6) is 0.460. The maximum absolute atomic E-state index is 12.5. The number of carbonyl (C=O) groups is 1. The molecule has 0 aliphatic carbocycles. The lowest BCUT2D eigenvalue weighted by molar-refractivity contribution is 0.0233. The maximum Gasteiger partial charge on any atom is 0.410 e. The van der Waals surface area contributed by atoms with Gasteiger partial charge in [-0.15, -0.1) is 20.4 Å². The second-order valence-electron chi connectivity index (χ2n) is 6.62. The largest absolute Gasteiger partial charge is 0.444 e. The Hall–Kier alpha value is -1.84. The van der Waals surface area contributed by atoms with Crippen LogP contribution in [0.4, 0.5) is 4.79 Å². The molecular weight excluding hydrogens is 433 g/mol. The van der Waals surface area contributed by atoms with Gasteiger partial charge in [0.05, 0.1) is 0 Å². The minimum atomic E-state index is -0.519. The highest BCUT2D eigenvalue weighted by Gasteiger charge is 2.22. The SMILES string of the molecule is CCCN(Cc1cc(I)cc(-c2nncnn2)c1)C(=O)OC(C)(C)C. The molecular formula is C17H22IN5O2. The number of aromatic nitrogens is 4. The van der Waals surface area contributed by atoms with Crippen LogP contribution in [0.25, 0.3) is 11.4 Å². The first-order chi connectivity index (χ1) is 11.8. The molecule has 7 nitrogen and oxygen atoms in total. The zero-order valence-electron chi connectivity index (χ0n) is 14.9. The molecule has 0 spiro atoms. The van der Waals surface area contributed by atoms with E-state index in [-0.39, 0.29) is 6.09 Å². The first kappa shape index (κ1) is 19.5. The van der Waals surface area contributed by atoms with Crippen LogP contribution in [0.5, 0.6) is 0 Å². The van der Waals surface area contributed by atoms with Crippen molar-refractivity contribution in [3.05, 3.63) is 33.7 Å². The lowest BCUT2D eigenvalue weighted by Crippen LogP contribution is -2.36. The summed E-state index contributed by atoms with van der Waals surface area (Å²) in [5.41, 5.74) is 1.28. The molecule has 2 aromatic rings. The Kier molecular flexibility index (Phi) is 6.63. The molecule has 0 aliphatic rings. The van der Waals surface area contributed by atoms with Gasteiger partial charge in [-0.3, -0.25) is 0 Å². The Bertz CT molecular complexity index is 719. The van der Waals surface area contributed by atoms with Gasteiger partial charge in [0.1, 0.15) is 5.60 Å². The van der Waals surface area contributed by atoms with Crippen molar-refractivity contribution in [2.24, 2.45) is 0 Å². The number of halogens is 1. The summed E-state index contributed by atoms with van der Waals surface area (Å²) in [6.07, 6.45) is 1.84. The van der Waals surface area contributed by atoms with Crippen LogP contribution in [-0.2, 0) is 11.3 Å². The van der Waals surface area contributed by atoms with Crippen molar-refractivity contribution < 1.29 is 9.53 Å². The minimum absolute atomic E-state index is 0.311. The molecule has 0 atom stereocenters. The second kappa shape index (κ2) is 8.50. The Balaban J connectivity index is 2.24. The summed E-state index contributed by atoms with van der Waals surface area (Å²) in [7, 11) is 0. The van der Waals surface area contributed by atoms with Crippen LogP contribution in [0.3, 0.4) is 0 Å². The third kappa shape index (κ3) is 6.18. The van der Waals surface area contributed by atoms with Gasteiger partial charge in [0.15, 0.2) is 6.33 Å². The predicted molar refractivity (Wildman–Crippen MR) is 103 cm³/mol. The van der Waals surface area contributed by atoms with Crippen molar-refractivity contribution in [2.75, 3.05) is 6.54 Å². The van der Waals surface area contributed by atoms with Gasteiger partial charge < -0.3 is 9.64 Å². The van der Waals surface area contributed by atoms with E-state index >= 15 is 0 Å². The quantitative estimate of drug-likeness (QED) is 0.640. The highest BCUT2D eigenvalue weighted by atomic mass is 127. The van der Waals surface area contributed by atoms with Gasteiger partial charge in [-0.1, -0.05) is 6.92 Å². The molecule has 0 radical (unpaired) electrons. The van der Waals surface area contributed by atoms with Gasteiger partial charge in [-0.05, 0) is 73.5 Å². The molecule has 2 rings (SSSR count). The molecule has 0 unspecified atom stereocenters. The van der Waals surface area contributed by atoms with E-state index in [1.54, 1.807) is 4.90 Å². The van der Waals surface area contributed by atoms with E-state index in [1.165, 1.54) is 6.33 Å². The van der Waals surface area contributed by atoms with Crippen LogP contribution in [0.1, 0.15) is 39.7 Å². The number of carbonyl (C=O) groups excluding carboxylic acids is 1. The smallest absolute Gasteiger partial charge is 0.410 e. The van der Waals surface area contributed by atoms with E-state index in [9.17, 15) is 4.79 Å². The summed E-state index contributed by atoms with van der Waals surface area (Å²) in [4.78, 5) is 14.2. The molecule has 1 aromatic carbocycles. The first-order valence-corrected chi connectivity index (χ1v) is 9.14. The number of hydrogen-bond donors (Lipinski definition) is 0. The third-order valence-electron chi connectivity index (χ3n) is 3.14. The van der Waals surface area contributed by atoms with E-state index in [1.807, 2.05) is 45.9 Å². The van der Waals surface area contributed by atoms with Gasteiger partial charge in [0.25, 0.3) is 0 Å². The highest BCUT2D eigenvalue weighted by Crippen LogP contribution is 2.21. The normalized spacial score (nSPS) is 11.2. The van der Waals surface area contributed by atoms with E-state index in [2.05, 4.69) is 43.0 Å². The molecule has 0 saturated heterocycles. The molecule has 1 aromatic heterocycles. The fourth-order valence-corrected chi connectivity index (χ4v) is 2.98. The van der Waals surface area contributed by atoms with Gasteiger partial charge in [-0.2, -0.15) is 0 Å². The molecule has 1 amide bonds. The van der Waals surface area contributed by atoms with E-state index in [0.29, 0.717) is 18.9 Å². The summed E-state index contributed by atoms with van der Waals surface area (Å²) < 4.78 is 6.54. The standard InChI is InChI=1S/C17H22IN5O2/c1-5-6-23(16(24)25-17(2,3)4)10-12-7-13(9-14(18)8-12)15-21-19-11-20-22-15/h7-9,11H,5-6,10H2,1-4H3. The van der Waals surface area contributed by atoms with E-state index in [0.717, 1.165) is 21.1 Å². The zero-order chi connectivity index (χ0) is 18.4. The Morgan fingerprint density at radius 3 is 2.48 bits per heavy atom. The van der Waals surface area contributed by atoms with Crippen LogP contribution in [0.2, 0.25) is 0 Å². The lowest BCUT2D eigenvalue weighted by atomic mass is 10.1. The summed E-state index contributed by atoms with van der Waals surface area (Å²) in [6, 6.07) is 5.94. The Morgan fingerprint density at radius 2 is 1.88 bits per heavy atom. The van der Waals surface area contributed by atoms with Gasteiger partial charge in [0.2, 0.25) is 5.82 Å². The molecule has 134 valence electrons. The molecule has 0 fully saturated rings. The number of ether oxygens (including phenoxy) is 1. The van der Waals surface area contributed by atoms with Crippen molar-refractivity contribution in [1.82, 2.24) is 25.3 Å². The molecule has 0 saturated carbocycles. The van der Waals surface area contributed by atoms with Crippen LogP contribution < -0.4 is 0 Å². The number of rotatable bonds is 5. The minimum Gasteiger partial charge on any atom is -0.444 e. The van der Waals surface area contributed by atoms with Crippen LogP contribution in [0, 0.1) is 3.57 Å². The van der Waals surface area contributed by atoms with Crippen LogP contribution in [0.15, 0.2) is 24.5 Å². The lowest BCUT2D eigenvalue weighted by Gasteiger charge is -2.27. The fourth-order valence-electron chi connectivity index (χ4n) is 2.24. The van der Waals surface area contributed by atoms with Crippen molar-refractivity contribution in [3.8, 4) is 11.4 Å². The first-order valence-electron chi connectivity index (χ1n) is 8.06. The Morgan fingerprint density at radius 1 is 1.20 bits per heavy atom. The molecule has 8 heteroatoms. The number of benzene rings is 1. The molecule has 25 heavy (non-hydrogen) atoms. The van der Waals surface area contributed by atoms with E-state index < -0.39 is 5.60 Å². The predicted octanol–water partition coefficient (Wildman–Crippen LogP) is 3.69. The molecule has 0 bridgehead atoms. The molecule has 0 aliphatic heterocycles. The molecule has 0 N–H and O–H groups in total. The summed E-state index contributed by atoms with van der Waals surface area (Å²) in [6.45, 7) is 8.72. The third-order valence-corrected chi connectivity index (χ3v) is 3.77. The van der Waals surface area contributed by atoms with Crippen molar-refractivity contribution >= 4 is 28.7 Å². The maximum atomic E-state index is 12.5.